The first-order chi connectivity index (χ1) is 17.5. The van der Waals surface area contributed by atoms with Gasteiger partial charge in [-0.25, -0.2) is 0 Å². The summed E-state index contributed by atoms with van der Waals surface area (Å²) in [6.45, 7) is 0. The molecule has 1 atom stereocenters. The van der Waals surface area contributed by atoms with E-state index in [0.29, 0.717) is 29.3 Å². The van der Waals surface area contributed by atoms with Crippen molar-refractivity contribution in [2.45, 2.75) is 44.2 Å². The van der Waals surface area contributed by atoms with Gasteiger partial charge in [0.25, 0.3) is 5.69 Å². The third-order valence-corrected chi connectivity index (χ3v) is 6.63. The van der Waals surface area contributed by atoms with Crippen molar-refractivity contribution in [3.8, 4) is 11.5 Å². The zero-order valence-corrected chi connectivity index (χ0v) is 20.0. The molecule has 1 amide bonds. The van der Waals surface area contributed by atoms with Crippen molar-refractivity contribution in [3.05, 3.63) is 93.5 Å². The number of carbonyl (C=O) groups is 1. The van der Waals surface area contributed by atoms with Crippen molar-refractivity contribution in [3.63, 3.8) is 0 Å². The van der Waals surface area contributed by atoms with Crippen LogP contribution >= 0.6 is 0 Å². The molecule has 2 aliphatic rings. The molecule has 0 bridgehead atoms. The van der Waals surface area contributed by atoms with Crippen LogP contribution in [0.1, 0.15) is 42.4 Å². The van der Waals surface area contributed by atoms with Crippen LogP contribution in [0.2, 0.25) is 0 Å². The summed E-state index contributed by atoms with van der Waals surface area (Å²) in [7, 11) is 1.63. The summed E-state index contributed by atoms with van der Waals surface area (Å²) >= 11 is 0. The molecule has 1 heterocycles. The van der Waals surface area contributed by atoms with Crippen LogP contribution in [-0.4, -0.2) is 35.8 Å². The molecular weight excluding hydrogens is 458 g/mol. The number of nitrogens with zero attached hydrogens (tertiary/aromatic N) is 2. The van der Waals surface area contributed by atoms with Crippen LogP contribution in [-0.2, 0) is 11.2 Å². The number of non-ortho nitro benzene ring substituents is 1. The van der Waals surface area contributed by atoms with Gasteiger partial charge in [-0.3, -0.25) is 19.9 Å². The summed E-state index contributed by atoms with van der Waals surface area (Å²) in [6.07, 6.45) is 4.94. The van der Waals surface area contributed by atoms with Crippen LogP contribution in [0.25, 0.3) is 0 Å². The average molecular weight is 486 g/mol. The van der Waals surface area contributed by atoms with E-state index in [2.05, 4.69) is 5.32 Å². The largest absolute Gasteiger partial charge is 0.493 e. The number of hydrogen-bond acceptors (Lipinski definition) is 6. The molecule has 0 radical (unpaired) electrons. The van der Waals surface area contributed by atoms with Crippen LogP contribution in [0.5, 0.6) is 11.5 Å². The number of nitrogens with one attached hydrogen (secondary N) is 1. The Labute approximate surface area is 209 Å². The summed E-state index contributed by atoms with van der Waals surface area (Å²) in [4.78, 5) is 28.6. The Morgan fingerprint density at radius 2 is 1.75 bits per heavy atom. The zero-order valence-electron chi connectivity index (χ0n) is 20.0. The Morgan fingerprint density at radius 3 is 2.42 bits per heavy atom. The van der Waals surface area contributed by atoms with Gasteiger partial charge in [-0.05, 0) is 55.5 Å². The van der Waals surface area contributed by atoms with Gasteiger partial charge in [0.1, 0.15) is 6.04 Å². The molecule has 1 saturated carbocycles. The number of anilines is 1. The molecule has 1 aliphatic heterocycles. The molecule has 3 aromatic rings. The Kier molecular flexibility index (Phi) is 6.66. The molecule has 0 aromatic heterocycles. The van der Waals surface area contributed by atoms with E-state index in [0.717, 1.165) is 42.4 Å². The van der Waals surface area contributed by atoms with E-state index in [4.69, 9.17) is 14.5 Å². The van der Waals surface area contributed by atoms with Crippen LogP contribution < -0.4 is 14.8 Å². The number of benzene rings is 3. The monoisotopic (exact) mass is 485 g/mol. The molecule has 1 fully saturated rings. The number of amides is 1. The number of ether oxygens (including phenoxy) is 2. The first-order valence-corrected chi connectivity index (χ1v) is 12.1. The molecule has 1 N–H and O–H groups in total. The van der Waals surface area contributed by atoms with Crippen molar-refractivity contribution >= 4 is 23.0 Å². The lowest BCUT2D eigenvalue weighted by Crippen LogP contribution is -2.33. The SMILES string of the molecule is COc1cc2c(cc1OC1CCCC1)CC(C(=O)Nc1ccc([N+](=O)[O-])cc1)N=C2c1ccccc1. The van der Waals surface area contributed by atoms with Crippen LogP contribution in [0.3, 0.4) is 0 Å². The minimum Gasteiger partial charge on any atom is -0.493 e. The fourth-order valence-corrected chi connectivity index (χ4v) is 4.78. The molecule has 8 nitrogen and oxygen atoms in total. The molecule has 0 spiro atoms. The quantitative estimate of drug-likeness (QED) is 0.360. The maximum absolute atomic E-state index is 13.3. The smallest absolute Gasteiger partial charge is 0.269 e. The molecule has 1 unspecified atom stereocenters. The van der Waals surface area contributed by atoms with Crippen molar-refractivity contribution in [1.82, 2.24) is 0 Å². The molecule has 3 aromatic carbocycles. The third kappa shape index (κ3) is 4.93. The number of carbonyl (C=O) groups excluding carboxylic acids is 1. The lowest BCUT2D eigenvalue weighted by atomic mass is 9.89. The summed E-state index contributed by atoms with van der Waals surface area (Å²) < 4.78 is 12.0. The minimum absolute atomic E-state index is 0.0345. The predicted octanol–water partition coefficient (Wildman–Crippen LogP) is 5.33. The Balaban J connectivity index is 1.48. The Morgan fingerprint density at radius 1 is 1.03 bits per heavy atom. The summed E-state index contributed by atoms with van der Waals surface area (Å²) in [6, 6.07) is 18.8. The second kappa shape index (κ2) is 10.2. The van der Waals surface area contributed by atoms with E-state index in [1.54, 1.807) is 7.11 Å². The van der Waals surface area contributed by atoms with Crippen LogP contribution in [0, 0.1) is 10.1 Å². The van der Waals surface area contributed by atoms with Gasteiger partial charge in [0.2, 0.25) is 5.91 Å². The normalized spacial score (nSPS) is 17.1. The second-order valence-corrected chi connectivity index (χ2v) is 9.04. The Hall–Kier alpha value is -4.20. The first-order valence-electron chi connectivity index (χ1n) is 12.1. The lowest BCUT2D eigenvalue weighted by molar-refractivity contribution is -0.384. The van der Waals surface area contributed by atoms with Crippen molar-refractivity contribution in [2.75, 3.05) is 12.4 Å². The number of methoxy groups -OCH3 is 1. The van der Waals surface area contributed by atoms with Crippen molar-refractivity contribution in [2.24, 2.45) is 4.99 Å². The van der Waals surface area contributed by atoms with E-state index in [1.165, 1.54) is 24.3 Å². The molecule has 36 heavy (non-hydrogen) atoms. The molecule has 184 valence electrons. The van der Waals surface area contributed by atoms with Gasteiger partial charge in [-0.15, -0.1) is 0 Å². The zero-order chi connectivity index (χ0) is 25.1. The fourth-order valence-electron chi connectivity index (χ4n) is 4.78. The first kappa shape index (κ1) is 23.5. The van der Waals surface area contributed by atoms with E-state index in [-0.39, 0.29) is 17.7 Å². The van der Waals surface area contributed by atoms with E-state index >= 15 is 0 Å². The van der Waals surface area contributed by atoms with Gasteiger partial charge >= 0.3 is 0 Å². The highest BCUT2D eigenvalue weighted by Gasteiger charge is 2.29. The number of fused-ring (bicyclic) bond motifs is 1. The summed E-state index contributed by atoms with van der Waals surface area (Å²) in [5.41, 5.74) is 3.93. The number of hydrogen-bond donors (Lipinski definition) is 1. The van der Waals surface area contributed by atoms with E-state index in [9.17, 15) is 14.9 Å². The number of nitro benzene ring substituents is 1. The molecule has 1 aliphatic carbocycles. The van der Waals surface area contributed by atoms with E-state index < -0.39 is 11.0 Å². The highest BCUT2D eigenvalue weighted by Crippen LogP contribution is 2.37. The van der Waals surface area contributed by atoms with Crippen molar-refractivity contribution in [1.29, 1.82) is 0 Å². The van der Waals surface area contributed by atoms with Gasteiger partial charge in [-0.2, -0.15) is 0 Å². The lowest BCUT2D eigenvalue weighted by Gasteiger charge is -2.26. The number of nitro groups is 1. The summed E-state index contributed by atoms with van der Waals surface area (Å²) in [5, 5.41) is 13.8. The summed E-state index contributed by atoms with van der Waals surface area (Å²) in [5.74, 6) is 1.06. The highest BCUT2D eigenvalue weighted by atomic mass is 16.6. The molecular formula is C28H27N3O5. The second-order valence-electron chi connectivity index (χ2n) is 9.04. The van der Waals surface area contributed by atoms with Gasteiger partial charge < -0.3 is 14.8 Å². The van der Waals surface area contributed by atoms with Gasteiger partial charge in [0.05, 0.1) is 23.8 Å². The highest BCUT2D eigenvalue weighted by molar-refractivity contribution is 6.16. The Bertz CT molecular complexity index is 1300. The average Bonchev–Trinajstić information content (AvgIpc) is 3.41. The molecule has 5 rings (SSSR count). The number of rotatable bonds is 7. The number of aliphatic imine (C=N–C) groups is 1. The van der Waals surface area contributed by atoms with Crippen LogP contribution in [0.15, 0.2) is 71.7 Å². The van der Waals surface area contributed by atoms with E-state index in [1.807, 2.05) is 42.5 Å². The maximum atomic E-state index is 13.3. The van der Waals surface area contributed by atoms with Gasteiger partial charge in [0, 0.05) is 35.4 Å². The maximum Gasteiger partial charge on any atom is 0.269 e. The predicted molar refractivity (Wildman–Crippen MR) is 137 cm³/mol. The standard InChI is InChI=1S/C28H27N3O5/c1-35-25-17-23-19(16-26(25)36-22-9-5-6-10-22)15-24(30-27(23)18-7-3-2-4-8-18)28(32)29-20-11-13-21(14-12-20)31(33)34/h2-4,7-8,11-14,16-17,22,24H,5-6,9-10,15H2,1H3,(H,29,32). The fraction of sp³-hybridized carbons (Fsp3) is 0.286. The van der Waals surface area contributed by atoms with Crippen molar-refractivity contribution < 1.29 is 19.2 Å². The molecule has 0 saturated heterocycles. The van der Waals surface area contributed by atoms with Crippen LogP contribution in [0.4, 0.5) is 11.4 Å². The topological polar surface area (TPSA) is 103 Å². The minimum atomic E-state index is -0.671. The van der Waals surface area contributed by atoms with Gasteiger partial charge in [0.15, 0.2) is 11.5 Å². The third-order valence-electron chi connectivity index (χ3n) is 6.63. The van der Waals surface area contributed by atoms with Gasteiger partial charge in [-0.1, -0.05) is 30.3 Å². The molecule has 8 heteroatoms.